The minimum Gasteiger partial charge on any atom is -0.387 e. The number of rotatable bonds is 1. The third-order valence-corrected chi connectivity index (χ3v) is 1.86. The van der Waals surface area contributed by atoms with Gasteiger partial charge in [-0.2, -0.15) is 0 Å². The smallest absolute Gasteiger partial charge is 0.137 e. The predicted octanol–water partition coefficient (Wildman–Crippen LogP) is 1.62. The average molecular weight is 162 g/mol. The summed E-state index contributed by atoms with van der Waals surface area (Å²) in [5.74, 6) is 0. The van der Waals surface area contributed by atoms with Crippen molar-refractivity contribution in [2.75, 3.05) is 0 Å². The van der Waals surface area contributed by atoms with Gasteiger partial charge in [-0.15, -0.1) is 0 Å². The van der Waals surface area contributed by atoms with E-state index in [-0.39, 0.29) is 0 Å². The van der Waals surface area contributed by atoms with Crippen LogP contribution in [0, 0.1) is 0 Å². The highest BCUT2D eigenvalue weighted by atomic mass is 16.3. The van der Waals surface area contributed by atoms with Crippen molar-refractivity contribution in [3.8, 4) is 0 Å². The highest BCUT2D eigenvalue weighted by molar-refractivity contribution is 5.76. The van der Waals surface area contributed by atoms with Crippen molar-refractivity contribution in [1.29, 1.82) is 0 Å². The summed E-state index contributed by atoms with van der Waals surface area (Å²) in [5.41, 5.74) is 1.64. The number of hydrogen-bond acceptors (Lipinski definition) is 2. The number of H-pyrrole nitrogens is 1. The Morgan fingerprint density at radius 2 is 2.42 bits per heavy atom. The zero-order chi connectivity index (χ0) is 8.55. The van der Waals surface area contributed by atoms with Crippen LogP contribution in [-0.4, -0.2) is 15.1 Å². The molecule has 0 bridgehead atoms. The van der Waals surface area contributed by atoms with Gasteiger partial charge >= 0.3 is 0 Å². The van der Waals surface area contributed by atoms with Crippen LogP contribution >= 0.6 is 0 Å². The quantitative estimate of drug-likeness (QED) is 0.669. The molecule has 12 heavy (non-hydrogen) atoms. The van der Waals surface area contributed by atoms with Gasteiger partial charge in [-0.1, -0.05) is 0 Å². The lowest BCUT2D eigenvalue weighted by Gasteiger charge is -1.96. The molecule has 0 aromatic carbocycles. The van der Waals surface area contributed by atoms with Crippen LogP contribution < -0.4 is 0 Å². The molecule has 2 heterocycles. The van der Waals surface area contributed by atoms with E-state index in [9.17, 15) is 5.11 Å². The van der Waals surface area contributed by atoms with Gasteiger partial charge in [0.25, 0.3) is 0 Å². The molecule has 3 heteroatoms. The lowest BCUT2D eigenvalue weighted by Crippen LogP contribution is -1.89. The maximum atomic E-state index is 9.27. The summed E-state index contributed by atoms with van der Waals surface area (Å²) in [6.45, 7) is 1.73. The minimum atomic E-state index is -0.459. The first-order valence-electron chi connectivity index (χ1n) is 3.89. The summed E-state index contributed by atoms with van der Waals surface area (Å²) in [4.78, 5) is 7.15. The van der Waals surface area contributed by atoms with Crippen LogP contribution in [0.3, 0.4) is 0 Å². The second-order valence-electron chi connectivity index (χ2n) is 2.84. The van der Waals surface area contributed by atoms with E-state index in [1.807, 2.05) is 18.2 Å². The molecule has 2 aromatic heterocycles. The SMILES string of the molecule is CC(O)c1cc2cccnc2[nH]1. The van der Waals surface area contributed by atoms with E-state index in [0.29, 0.717) is 0 Å². The molecule has 1 atom stereocenters. The van der Waals surface area contributed by atoms with Crippen LogP contribution in [0.5, 0.6) is 0 Å². The second kappa shape index (κ2) is 2.60. The Kier molecular flexibility index (Phi) is 1.59. The van der Waals surface area contributed by atoms with Crippen LogP contribution in [0.2, 0.25) is 0 Å². The van der Waals surface area contributed by atoms with E-state index >= 15 is 0 Å². The van der Waals surface area contributed by atoms with Crippen molar-refractivity contribution in [3.63, 3.8) is 0 Å². The standard InChI is InChI=1S/C9H10N2O/c1-6(12)8-5-7-3-2-4-10-9(7)11-8/h2-6,12H,1H3,(H,10,11). The molecule has 2 N–H and O–H groups in total. The van der Waals surface area contributed by atoms with Gasteiger partial charge in [-0.3, -0.25) is 0 Å². The van der Waals surface area contributed by atoms with Gasteiger partial charge in [0.05, 0.1) is 6.10 Å². The molecule has 0 radical (unpaired) electrons. The Morgan fingerprint density at radius 1 is 1.58 bits per heavy atom. The van der Waals surface area contributed by atoms with Crippen molar-refractivity contribution in [2.45, 2.75) is 13.0 Å². The van der Waals surface area contributed by atoms with Crippen molar-refractivity contribution in [3.05, 3.63) is 30.1 Å². The van der Waals surface area contributed by atoms with Crippen molar-refractivity contribution in [1.82, 2.24) is 9.97 Å². The molecule has 1 unspecified atom stereocenters. The van der Waals surface area contributed by atoms with E-state index in [1.54, 1.807) is 13.1 Å². The molecular weight excluding hydrogens is 152 g/mol. The van der Waals surface area contributed by atoms with Gasteiger partial charge in [0.15, 0.2) is 0 Å². The maximum Gasteiger partial charge on any atom is 0.137 e. The van der Waals surface area contributed by atoms with Gasteiger partial charge in [0.1, 0.15) is 5.65 Å². The molecular formula is C9H10N2O. The molecule has 2 rings (SSSR count). The van der Waals surface area contributed by atoms with Gasteiger partial charge in [-0.05, 0) is 25.1 Å². The normalized spacial score (nSPS) is 13.5. The molecule has 0 spiro atoms. The van der Waals surface area contributed by atoms with Crippen LogP contribution in [0.4, 0.5) is 0 Å². The highest BCUT2D eigenvalue weighted by Gasteiger charge is 2.04. The topological polar surface area (TPSA) is 48.9 Å². The van der Waals surface area contributed by atoms with E-state index < -0.39 is 6.10 Å². The van der Waals surface area contributed by atoms with Gasteiger partial charge in [0.2, 0.25) is 0 Å². The monoisotopic (exact) mass is 162 g/mol. The van der Waals surface area contributed by atoms with Crippen molar-refractivity contribution < 1.29 is 5.11 Å². The number of aromatic amines is 1. The number of pyridine rings is 1. The van der Waals surface area contributed by atoms with E-state index in [2.05, 4.69) is 9.97 Å². The summed E-state index contributed by atoms with van der Waals surface area (Å²) < 4.78 is 0. The Morgan fingerprint density at radius 3 is 3.08 bits per heavy atom. The van der Waals surface area contributed by atoms with Gasteiger partial charge in [-0.25, -0.2) is 4.98 Å². The maximum absolute atomic E-state index is 9.27. The first-order chi connectivity index (χ1) is 5.77. The Labute approximate surface area is 70.1 Å². The second-order valence-corrected chi connectivity index (χ2v) is 2.84. The summed E-state index contributed by atoms with van der Waals surface area (Å²) in [5, 5.41) is 10.3. The molecule has 0 aliphatic rings. The van der Waals surface area contributed by atoms with Gasteiger partial charge in [0, 0.05) is 17.3 Å². The molecule has 0 saturated heterocycles. The fourth-order valence-electron chi connectivity index (χ4n) is 1.20. The number of aliphatic hydroxyl groups excluding tert-OH is 1. The zero-order valence-corrected chi connectivity index (χ0v) is 6.78. The van der Waals surface area contributed by atoms with E-state index in [4.69, 9.17) is 0 Å². The number of hydrogen-bond donors (Lipinski definition) is 2. The zero-order valence-electron chi connectivity index (χ0n) is 6.78. The summed E-state index contributed by atoms with van der Waals surface area (Å²) in [6.07, 6.45) is 1.27. The molecule has 0 aliphatic carbocycles. The van der Waals surface area contributed by atoms with E-state index in [1.165, 1.54) is 0 Å². The number of aromatic nitrogens is 2. The van der Waals surface area contributed by atoms with Crippen LogP contribution in [0.15, 0.2) is 24.4 Å². The molecule has 2 aromatic rings. The average Bonchev–Trinajstić information content (AvgIpc) is 2.46. The fourth-order valence-corrected chi connectivity index (χ4v) is 1.20. The fraction of sp³-hybridized carbons (Fsp3) is 0.222. The molecule has 0 fully saturated rings. The van der Waals surface area contributed by atoms with E-state index in [0.717, 1.165) is 16.7 Å². The summed E-state index contributed by atoms with van der Waals surface area (Å²) >= 11 is 0. The largest absolute Gasteiger partial charge is 0.387 e. The van der Waals surface area contributed by atoms with Crippen molar-refractivity contribution >= 4 is 11.0 Å². The molecule has 0 saturated carbocycles. The summed E-state index contributed by atoms with van der Waals surface area (Å²) in [6, 6.07) is 5.75. The lowest BCUT2D eigenvalue weighted by atomic mass is 10.2. The van der Waals surface area contributed by atoms with Crippen LogP contribution in [-0.2, 0) is 0 Å². The number of nitrogens with zero attached hydrogens (tertiary/aromatic N) is 1. The molecule has 0 amide bonds. The summed E-state index contributed by atoms with van der Waals surface area (Å²) in [7, 11) is 0. The highest BCUT2D eigenvalue weighted by Crippen LogP contribution is 2.17. The number of fused-ring (bicyclic) bond motifs is 1. The lowest BCUT2D eigenvalue weighted by molar-refractivity contribution is 0.195. The molecule has 0 aliphatic heterocycles. The first kappa shape index (κ1) is 7.31. The van der Waals surface area contributed by atoms with Crippen LogP contribution in [0.25, 0.3) is 11.0 Å². The van der Waals surface area contributed by atoms with Gasteiger partial charge < -0.3 is 10.1 Å². The number of nitrogens with one attached hydrogen (secondary N) is 1. The Balaban J connectivity index is 2.62. The third-order valence-electron chi connectivity index (χ3n) is 1.86. The first-order valence-corrected chi connectivity index (χ1v) is 3.89. The predicted molar refractivity (Wildman–Crippen MR) is 46.7 cm³/mol. The third kappa shape index (κ3) is 1.08. The molecule has 3 nitrogen and oxygen atoms in total. The van der Waals surface area contributed by atoms with Crippen LogP contribution in [0.1, 0.15) is 18.7 Å². The Hall–Kier alpha value is -1.35. The number of aliphatic hydroxyl groups is 1. The minimum absolute atomic E-state index is 0.459. The Bertz CT molecular complexity index is 359. The van der Waals surface area contributed by atoms with Crippen molar-refractivity contribution in [2.24, 2.45) is 0 Å². The molecule has 62 valence electrons.